The number of furan rings is 1. The molecule has 69 heteroatoms. The zero-order chi connectivity index (χ0) is 112. The molecule has 49 nitrogen and oxygen atoms in total. The number of benzene rings is 7. The van der Waals surface area contributed by atoms with Gasteiger partial charge in [-0.2, -0.15) is 39.5 Å². The van der Waals surface area contributed by atoms with E-state index in [1.165, 1.54) is 84.9 Å². The number of hydrogen-bond acceptors (Lipinski definition) is 42. The van der Waals surface area contributed by atoms with Crippen molar-refractivity contribution in [1.29, 1.82) is 0 Å². The lowest BCUT2D eigenvalue weighted by Gasteiger charge is -2.11. The predicted molar refractivity (Wildman–Crippen MR) is 521 cm³/mol. The molecule has 0 aliphatic heterocycles. The van der Waals surface area contributed by atoms with Crippen LogP contribution < -0.4 is 146 Å². The summed E-state index contributed by atoms with van der Waals surface area (Å²) in [5, 5.41) is 26.4. The Balaban J connectivity index is 0.00000160. The highest BCUT2D eigenvalue weighted by Crippen LogP contribution is 2.39. The third kappa shape index (κ3) is 48.6. The third-order valence-corrected chi connectivity index (χ3v) is 18.5. The highest BCUT2D eigenvalue weighted by atomic mass is 35.5. The molecule has 6 heterocycles. The first-order chi connectivity index (χ1) is 69.7. The molecule has 13 rings (SSSR count). The fourth-order valence-corrected chi connectivity index (χ4v) is 11.1. The van der Waals surface area contributed by atoms with Crippen molar-refractivity contribution in [3.63, 3.8) is 0 Å². The molecule has 0 aliphatic carbocycles. The summed E-state index contributed by atoms with van der Waals surface area (Å²) >= 11 is 21.3. The van der Waals surface area contributed by atoms with Crippen LogP contribution in [0.4, 0.5) is 118 Å². The molecule has 1 atom stereocenters. The van der Waals surface area contributed by atoms with Crippen molar-refractivity contribution in [3.05, 3.63) is 338 Å². The molecule has 6 amide bonds. The number of halogens is 18. The number of hydrogen-bond donors (Lipinski definition) is 26. The van der Waals surface area contributed by atoms with Crippen molar-refractivity contribution in [2.45, 2.75) is 57.2 Å². The largest absolute Gasteiger partial charge is 0.768 e. The SMILES string of the molecule is CC(C)OC(=O)NN.Cc1c(F)c(F)c(F)c(NN)c1F.Cc1cc(NN)cc(C(F)(F)F)c1.F.NNC(=O)c1cc(-c2ccccc2)on1.NNC(=O)c1ccccc1.NNC(=O)c1ccco1.NNC(=O)c1cccs1.NNC(=O)c1ccncc1.NNc1c(Cl)cc(C(F)(F)F)cc1Cl.NNc1ccc(S(=O)[O-])cc1Cl.NNc1ccc([N+](=O)[O-])cc1[N+](=O)[O-].NNc1nccc(C(F)(F)F)n1.NNc1nccnc1Cl. The van der Waals surface area contributed by atoms with Gasteiger partial charge in [0.1, 0.15) is 17.1 Å². The van der Waals surface area contributed by atoms with Crippen LogP contribution in [-0.4, -0.2) is 90.4 Å². The molecule has 7 aromatic carbocycles. The number of alkyl halides is 9. The van der Waals surface area contributed by atoms with Gasteiger partial charge in [0.05, 0.1) is 70.7 Å². The summed E-state index contributed by atoms with van der Waals surface area (Å²) in [6.45, 7) is 6.05. The van der Waals surface area contributed by atoms with Crippen molar-refractivity contribution < 1.29 is 123 Å². The molecular weight excluding hydrogens is 2150 g/mol. The standard InChI is InChI=1S/C10H9N3O2.C8H9F3N2.C7H5Cl2F3N2.C7H6F4N2.C7H8N2O.C6H7ClN2O2S.C6H6N4O4.C6H7N3O.C5H5F3N4.C5H6N2O2.C5H6N2OS.C4H5ClN4.C4H10N2O2.FH/c11-12-10(14)8-6-9(15-13-8)7-4-2-1-3-5-7;1-5-2-6(8(9,10)11)4-7(3-5)13-12;8-4-1-3(7(10,11)12)2-5(9)6(4)14-13;1-2-3(8)5(10)6(11)7(13-12)4(2)9;8-9-7(10)6-4-2-1-3-5-6;7-5-3-4(12(10)11)1-2-6(5)9-8;7-8-5-2-1-4(9(11)12)3-6(5)10(13)14;7-9-6(10)5-1-3-8-4-2-5;6-5(7,8)3-1-2-10-4(11-3)12-9;2*6-7-5(8)4-2-1-3-9-4;5-3-4(9-6)8-2-1-7-3;1-3(2)8-4(7)6-5;/h1-6H,11H2,(H,12,14);2-4,13H,12H2,1H3;1-2,14H,13H2;13H,12H2,1H3;1-5H,8H2,(H,9,10);1-3,9H,8H2,(H,10,11);1-3,8H,7H2;1-4H,7H2,(H,9,10);1-2H,9H2,(H,10,11,12);2*1-3H,6H2,(H,7,8);1-2H,6H2,(H,8,9);3H,5H2,1-2H3,(H,6,7);1H/p-1. The van der Waals surface area contributed by atoms with E-state index in [2.05, 4.69) is 61.9 Å². The number of anilines is 7. The molecule has 149 heavy (non-hydrogen) atoms. The normalized spacial score (nSPS) is 10.1. The molecule has 0 saturated carbocycles. The Kier molecular flexibility index (Phi) is 61.5. The van der Waals surface area contributed by atoms with Crippen LogP contribution in [0.1, 0.15) is 93.2 Å². The van der Waals surface area contributed by atoms with E-state index in [-0.39, 0.29) is 93.8 Å². The average molecular weight is 2240 g/mol. The summed E-state index contributed by atoms with van der Waals surface area (Å²) in [6, 6.07) is 42.8. The van der Waals surface area contributed by atoms with Crippen molar-refractivity contribution in [2.75, 3.05) is 38.0 Å². The van der Waals surface area contributed by atoms with E-state index < -0.39 is 114 Å². The number of aryl methyl sites for hydroxylation is 1. The van der Waals surface area contributed by atoms with Gasteiger partial charge in [-0.25, -0.2) is 89.0 Å². The van der Waals surface area contributed by atoms with Crippen molar-refractivity contribution in [2.24, 2.45) is 76.0 Å². The molecule has 0 saturated heterocycles. The number of nitrogens with zero attached hydrogens (tertiary/aromatic N) is 8. The minimum atomic E-state index is -4.47. The Labute approximate surface area is 857 Å². The summed E-state index contributed by atoms with van der Waals surface area (Å²) in [6.07, 6.45) is -5.53. The van der Waals surface area contributed by atoms with Gasteiger partial charge in [0.25, 0.3) is 29.3 Å². The summed E-state index contributed by atoms with van der Waals surface area (Å²) in [7, 11) is 0. The first-order valence-electron chi connectivity index (χ1n) is 39.0. The number of carbonyl (C=O) groups excluding carboxylic acids is 6. The van der Waals surface area contributed by atoms with E-state index in [9.17, 15) is 115 Å². The molecule has 6 aromatic heterocycles. The van der Waals surface area contributed by atoms with Crippen molar-refractivity contribution in [3.8, 4) is 11.3 Å². The van der Waals surface area contributed by atoms with E-state index >= 15 is 0 Å². The Hall–Kier alpha value is -16.2. The molecule has 0 spiro atoms. The average Bonchev–Trinajstić information content (AvgIpc) is 0.837. The van der Waals surface area contributed by atoms with Crippen molar-refractivity contribution in [1.82, 2.24) is 62.6 Å². The Morgan fingerprint density at radius 3 is 1.46 bits per heavy atom. The van der Waals surface area contributed by atoms with Gasteiger partial charge in [-0.1, -0.05) is 106 Å². The number of amides is 6. The number of hydrazine groups is 13. The zero-order valence-corrected chi connectivity index (χ0v) is 80.9. The summed E-state index contributed by atoms with van der Waals surface area (Å²) in [5.41, 5.74) is 24.9. The second-order valence-corrected chi connectivity index (χ2v) is 29.6. The smallest absolute Gasteiger partial charge is 0.433 e. The van der Waals surface area contributed by atoms with Crippen molar-refractivity contribution >= 4 is 156 Å². The lowest BCUT2D eigenvalue weighted by atomic mass is 10.1. The van der Waals surface area contributed by atoms with E-state index in [0.29, 0.717) is 38.8 Å². The Morgan fingerprint density at radius 2 is 1.03 bits per heavy atom. The summed E-state index contributed by atoms with van der Waals surface area (Å²) < 4.78 is 195. The number of aromatic nitrogens is 6. The highest BCUT2D eigenvalue weighted by molar-refractivity contribution is 7.79. The van der Waals surface area contributed by atoms with Crippen LogP contribution in [0.3, 0.4) is 0 Å². The number of ether oxygens (including phenoxy) is 1. The van der Waals surface area contributed by atoms with Crippen LogP contribution >= 0.6 is 57.7 Å². The second kappa shape index (κ2) is 69.0. The van der Waals surface area contributed by atoms with Gasteiger partial charge in [0.15, 0.2) is 51.5 Å². The van der Waals surface area contributed by atoms with Gasteiger partial charge in [-0.15, -0.1) is 11.3 Å². The van der Waals surface area contributed by atoms with Gasteiger partial charge in [-0.05, 0) is 153 Å². The quantitative estimate of drug-likeness (QED) is 0.00588. The minimum Gasteiger partial charge on any atom is -0.768 e. The monoisotopic (exact) mass is 2240 g/mol. The zero-order valence-electron chi connectivity index (χ0n) is 76.2. The molecular formula is C80H89Cl4F14N34O15S2-. The Morgan fingerprint density at radius 1 is 0.490 bits per heavy atom. The third-order valence-electron chi connectivity index (χ3n) is 15.8. The molecule has 1 unspecified atom stereocenters. The summed E-state index contributed by atoms with van der Waals surface area (Å²) in [4.78, 5) is 102. The lowest BCUT2D eigenvalue weighted by molar-refractivity contribution is -0.393. The highest BCUT2D eigenvalue weighted by Gasteiger charge is 2.34. The van der Waals surface area contributed by atoms with Crippen LogP contribution in [0.2, 0.25) is 20.2 Å². The van der Waals surface area contributed by atoms with Gasteiger partial charge in [0.2, 0.25) is 5.95 Å². The number of nitrogen functional groups attached to an aromatic ring is 12. The number of nitro groups is 2. The number of nitro benzene ring substituents is 2. The Bertz CT molecular complexity index is 6210. The number of non-ortho nitro benzene ring substituents is 1. The maximum absolute atomic E-state index is 12.9. The second-order valence-electron chi connectivity index (χ2n) is 26.2. The van der Waals surface area contributed by atoms with E-state index in [0.717, 1.165) is 61.1 Å². The van der Waals surface area contributed by atoms with Crippen LogP contribution in [0.25, 0.3) is 11.3 Å². The maximum atomic E-state index is 12.9. The molecule has 0 fully saturated rings. The topological polar surface area (TPSA) is 836 Å². The van der Waals surface area contributed by atoms with Gasteiger partial charge >= 0.3 is 36.2 Å². The summed E-state index contributed by atoms with van der Waals surface area (Å²) in [5.74, 6) is 56.8. The number of pyridine rings is 1. The van der Waals surface area contributed by atoms with E-state index in [4.69, 9.17) is 131 Å². The fraction of sp³-hybridized carbons (Fsp3) is 0.100. The van der Waals surface area contributed by atoms with Gasteiger partial charge < -0.3 is 50.8 Å². The minimum absolute atomic E-state index is 0. The number of carbonyl (C=O) groups is 6. The fourth-order valence-electron chi connectivity index (χ4n) is 9.07. The maximum Gasteiger partial charge on any atom is 0.433 e. The van der Waals surface area contributed by atoms with Gasteiger partial charge in [-0.3, -0.25) is 125 Å². The predicted octanol–water partition coefficient (Wildman–Crippen LogP) is 11.6. The number of nitrogens with two attached hydrogens (primary N) is 13. The first kappa shape index (κ1) is 133. The number of rotatable bonds is 17. The number of nitrogens with one attached hydrogen (secondary N) is 13. The molecule has 0 bridgehead atoms. The van der Waals surface area contributed by atoms with Crippen LogP contribution in [0.5, 0.6) is 0 Å². The molecule has 808 valence electrons. The molecule has 0 aliphatic rings. The molecule has 13 aromatic rings. The van der Waals surface area contributed by atoms with E-state index in [1.807, 2.05) is 79.8 Å². The molecule has 39 N–H and O–H groups in total. The van der Waals surface area contributed by atoms with Crippen LogP contribution in [0.15, 0.2) is 232 Å². The van der Waals surface area contributed by atoms with Crippen LogP contribution in [-0.2, 0) is 34.3 Å². The van der Waals surface area contributed by atoms with Gasteiger partial charge in [0, 0.05) is 76.0 Å². The lowest BCUT2D eigenvalue weighted by Crippen LogP contribution is -2.32. The first-order valence-corrected chi connectivity index (χ1v) is 42.5. The number of thiophene rings is 1. The molecule has 0 radical (unpaired) electrons. The van der Waals surface area contributed by atoms with E-state index in [1.54, 1.807) is 80.8 Å². The van der Waals surface area contributed by atoms with Crippen LogP contribution in [0, 0.1) is 57.3 Å².